The number of carbonyl (C=O) groups is 1. The molecule has 3 aromatic rings. The molecule has 1 aliphatic heterocycles. The number of ether oxygens (including phenoxy) is 1. The first-order chi connectivity index (χ1) is 13.6. The molecule has 2 aromatic heterocycles. The van der Waals surface area contributed by atoms with Crippen LogP contribution >= 0.6 is 11.3 Å². The summed E-state index contributed by atoms with van der Waals surface area (Å²) in [5.41, 5.74) is 3.07. The third-order valence-electron chi connectivity index (χ3n) is 4.78. The third-order valence-corrected chi connectivity index (χ3v) is 5.54. The summed E-state index contributed by atoms with van der Waals surface area (Å²) in [5, 5.41) is 16.7. The molecule has 146 valence electrons. The quantitative estimate of drug-likeness (QED) is 0.686. The first-order valence-corrected chi connectivity index (χ1v) is 10.1. The van der Waals surface area contributed by atoms with Crippen LogP contribution in [-0.2, 0) is 0 Å². The molecule has 28 heavy (non-hydrogen) atoms. The van der Waals surface area contributed by atoms with Gasteiger partial charge in [0.2, 0.25) is 0 Å². The van der Waals surface area contributed by atoms with Crippen LogP contribution in [0.1, 0.15) is 34.9 Å². The number of nitrogens with one attached hydrogen (secondary N) is 2. The summed E-state index contributed by atoms with van der Waals surface area (Å²) >= 11 is 1.37. The predicted molar refractivity (Wildman–Crippen MR) is 108 cm³/mol. The summed E-state index contributed by atoms with van der Waals surface area (Å²) < 4.78 is 7.22. The summed E-state index contributed by atoms with van der Waals surface area (Å²) in [4.78, 5) is 17.1. The Hall–Kier alpha value is -2.78. The van der Waals surface area contributed by atoms with E-state index in [1.807, 2.05) is 30.5 Å². The van der Waals surface area contributed by atoms with Crippen molar-refractivity contribution in [3.63, 3.8) is 0 Å². The van der Waals surface area contributed by atoms with Crippen molar-refractivity contribution in [1.82, 2.24) is 25.3 Å². The number of aromatic nitrogens is 4. The predicted octanol–water partition coefficient (Wildman–Crippen LogP) is 2.90. The van der Waals surface area contributed by atoms with Gasteiger partial charge >= 0.3 is 0 Å². The minimum Gasteiger partial charge on any atom is -0.496 e. The molecule has 2 N–H and O–H groups in total. The average molecular weight is 398 g/mol. The van der Waals surface area contributed by atoms with E-state index in [1.54, 1.807) is 18.0 Å². The van der Waals surface area contributed by atoms with Crippen LogP contribution in [0, 0.1) is 6.92 Å². The lowest BCUT2D eigenvalue weighted by Gasteiger charge is -2.21. The molecule has 1 aromatic carbocycles. The molecule has 1 aliphatic rings. The van der Waals surface area contributed by atoms with Crippen molar-refractivity contribution in [2.45, 2.75) is 25.8 Å². The second-order valence-corrected chi connectivity index (χ2v) is 7.62. The standard InChI is InChI=1S/C19H22N6O2S/c1-12-3-4-17(27-2)14(9-12)16-11-28-19(21-16)22-18(26)15-10-25(24-23-15)13-5-7-20-8-6-13/h3-4,9-11,13,20H,5-8H2,1-2H3,(H,21,22,26). The van der Waals surface area contributed by atoms with Crippen LogP contribution in [0.4, 0.5) is 5.13 Å². The zero-order chi connectivity index (χ0) is 19.5. The lowest BCUT2D eigenvalue weighted by molar-refractivity contribution is 0.102. The Morgan fingerprint density at radius 3 is 2.96 bits per heavy atom. The lowest BCUT2D eigenvalue weighted by atomic mass is 10.1. The molecule has 0 spiro atoms. The number of benzene rings is 1. The number of thiazole rings is 1. The minimum absolute atomic E-state index is 0.288. The second-order valence-electron chi connectivity index (χ2n) is 6.76. The number of anilines is 1. The van der Waals surface area contributed by atoms with E-state index in [2.05, 4.69) is 25.9 Å². The SMILES string of the molecule is COc1ccc(C)cc1-c1csc(NC(=O)c2cn(C3CCNCC3)nn2)n1. The van der Waals surface area contributed by atoms with Crippen LogP contribution in [-0.4, -0.2) is 46.1 Å². The zero-order valence-electron chi connectivity index (χ0n) is 15.8. The Morgan fingerprint density at radius 2 is 2.18 bits per heavy atom. The molecule has 0 aliphatic carbocycles. The van der Waals surface area contributed by atoms with E-state index >= 15 is 0 Å². The van der Waals surface area contributed by atoms with Crippen LogP contribution in [0.3, 0.4) is 0 Å². The van der Waals surface area contributed by atoms with E-state index in [0.717, 1.165) is 48.5 Å². The highest BCUT2D eigenvalue weighted by molar-refractivity contribution is 7.14. The first-order valence-electron chi connectivity index (χ1n) is 9.18. The normalized spacial score (nSPS) is 14.8. The zero-order valence-corrected chi connectivity index (χ0v) is 16.6. The summed E-state index contributed by atoms with van der Waals surface area (Å²) in [6.45, 7) is 3.93. The van der Waals surface area contributed by atoms with Crippen LogP contribution in [0.15, 0.2) is 29.8 Å². The van der Waals surface area contributed by atoms with Crippen LogP contribution in [0.2, 0.25) is 0 Å². The van der Waals surface area contributed by atoms with Gasteiger partial charge in [-0.05, 0) is 45.0 Å². The van der Waals surface area contributed by atoms with Crippen molar-refractivity contribution in [3.05, 3.63) is 41.0 Å². The topological polar surface area (TPSA) is 94.0 Å². The molecule has 0 radical (unpaired) electrons. The van der Waals surface area contributed by atoms with Gasteiger partial charge in [0.15, 0.2) is 10.8 Å². The molecule has 1 amide bonds. The summed E-state index contributed by atoms with van der Waals surface area (Å²) in [5.74, 6) is 0.441. The van der Waals surface area contributed by atoms with E-state index in [-0.39, 0.29) is 11.9 Å². The van der Waals surface area contributed by atoms with Gasteiger partial charge in [0.05, 0.1) is 25.0 Å². The number of piperidine rings is 1. The van der Waals surface area contributed by atoms with Gasteiger partial charge in [-0.25, -0.2) is 9.67 Å². The fourth-order valence-electron chi connectivity index (χ4n) is 3.27. The van der Waals surface area contributed by atoms with Gasteiger partial charge in [-0.2, -0.15) is 0 Å². The molecule has 0 unspecified atom stereocenters. The molecule has 4 rings (SSSR count). The number of hydrogen-bond acceptors (Lipinski definition) is 7. The highest BCUT2D eigenvalue weighted by Gasteiger charge is 2.19. The molecule has 0 atom stereocenters. The van der Waals surface area contributed by atoms with Gasteiger partial charge in [0.1, 0.15) is 5.75 Å². The number of methoxy groups -OCH3 is 1. The third kappa shape index (κ3) is 3.90. The number of amides is 1. The Balaban J connectivity index is 1.48. The number of aryl methyl sites for hydroxylation is 1. The first kappa shape index (κ1) is 18.6. The van der Waals surface area contributed by atoms with E-state index < -0.39 is 0 Å². The summed E-state index contributed by atoms with van der Waals surface area (Å²) in [6.07, 6.45) is 3.68. The lowest BCUT2D eigenvalue weighted by Crippen LogP contribution is -2.29. The van der Waals surface area contributed by atoms with Gasteiger partial charge < -0.3 is 10.1 Å². The molecule has 0 saturated carbocycles. The van der Waals surface area contributed by atoms with E-state index in [9.17, 15) is 4.79 Å². The summed E-state index contributed by atoms with van der Waals surface area (Å²) in [7, 11) is 1.63. The number of rotatable bonds is 5. The number of carbonyl (C=O) groups excluding carboxylic acids is 1. The smallest absolute Gasteiger partial charge is 0.279 e. The van der Waals surface area contributed by atoms with E-state index in [4.69, 9.17) is 4.74 Å². The van der Waals surface area contributed by atoms with Crippen molar-refractivity contribution in [2.75, 3.05) is 25.5 Å². The van der Waals surface area contributed by atoms with Gasteiger partial charge in [-0.15, -0.1) is 16.4 Å². The highest BCUT2D eigenvalue weighted by Crippen LogP contribution is 2.33. The Bertz CT molecular complexity index is 976. The van der Waals surface area contributed by atoms with Crippen LogP contribution < -0.4 is 15.4 Å². The van der Waals surface area contributed by atoms with Crippen LogP contribution in [0.5, 0.6) is 5.75 Å². The van der Waals surface area contributed by atoms with E-state index in [1.165, 1.54) is 11.3 Å². The van der Waals surface area contributed by atoms with Crippen LogP contribution in [0.25, 0.3) is 11.3 Å². The maximum atomic E-state index is 12.5. The fourth-order valence-corrected chi connectivity index (χ4v) is 3.97. The summed E-state index contributed by atoms with van der Waals surface area (Å²) in [6, 6.07) is 6.21. The molecular weight excluding hydrogens is 376 g/mol. The second kappa shape index (κ2) is 8.07. The Labute approximate surface area is 166 Å². The van der Waals surface area contributed by atoms with Gasteiger partial charge in [-0.3, -0.25) is 10.1 Å². The van der Waals surface area contributed by atoms with Crippen molar-refractivity contribution in [3.8, 4) is 17.0 Å². The molecule has 0 bridgehead atoms. The average Bonchev–Trinajstić information content (AvgIpc) is 3.38. The van der Waals surface area contributed by atoms with Crippen molar-refractivity contribution in [2.24, 2.45) is 0 Å². The maximum Gasteiger partial charge on any atom is 0.279 e. The largest absolute Gasteiger partial charge is 0.496 e. The van der Waals surface area contributed by atoms with E-state index in [0.29, 0.717) is 10.8 Å². The number of hydrogen-bond donors (Lipinski definition) is 2. The minimum atomic E-state index is -0.308. The van der Waals surface area contributed by atoms with Crippen molar-refractivity contribution in [1.29, 1.82) is 0 Å². The van der Waals surface area contributed by atoms with Gasteiger partial charge in [0, 0.05) is 10.9 Å². The highest BCUT2D eigenvalue weighted by atomic mass is 32.1. The van der Waals surface area contributed by atoms with Gasteiger partial charge in [0.25, 0.3) is 5.91 Å². The van der Waals surface area contributed by atoms with Gasteiger partial charge in [-0.1, -0.05) is 16.8 Å². The Kier molecular flexibility index (Phi) is 5.36. The molecule has 8 nitrogen and oxygen atoms in total. The number of nitrogens with zero attached hydrogens (tertiary/aromatic N) is 4. The fraction of sp³-hybridized carbons (Fsp3) is 0.368. The maximum absolute atomic E-state index is 12.5. The molecule has 3 heterocycles. The van der Waals surface area contributed by atoms with Crippen molar-refractivity contribution >= 4 is 22.4 Å². The molecular formula is C19H22N6O2S. The monoisotopic (exact) mass is 398 g/mol. The molecule has 9 heteroatoms. The molecule has 1 fully saturated rings. The Morgan fingerprint density at radius 1 is 1.36 bits per heavy atom. The van der Waals surface area contributed by atoms with Crippen molar-refractivity contribution < 1.29 is 9.53 Å². The molecule has 1 saturated heterocycles.